The third kappa shape index (κ3) is 0.855. The molecular weight excluding hydrogens is 122 g/mol. The van der Waals surface area contributed by atoms with Crippen molar-refractivity contribution >= 4 is 11.8 Å². The summed E-state index contributed by atoms with van der Waals surface area (Å²) in [6, 6.07) is 0. The lowest BCUT2D eigenvalue weighted by Gasteiger charge is -2.38. The lowest BCUT2D eigenvalue weighted by atomic mass is 10.1. The van der Waals surface area contributed by atoms with Crippen molar-refractivity contribution in [1.29, 1.82) is 0 Å². The third-order valence-corrected chi connectivity index (χ3v) is 2.80. The SMILES string of the molecule is CSC1(CN)COC1. The molecule has 0 bridgehead atoms. The summed E-state index contributed by atoms with van der Waals surface area (Å²) in [6.07, 6.45) is 2.08. The number of thioether (sulfide) groups is 1. The van der Waals surface area contributed by atoms with E-state index in [0.717, 1.165) is 19.8 Å². The Balaban J connectivity index is 2.33. The molecule has 1 rings (SSSR count). The number of ether oxygens (including phenoxy) is 1. The minimum atomic E-state index is 0.278. The second kappa shape index (κ2) is 2.25. The second-order valence-electron chi connectivity index (χ2n) is 2.08. The van der Waals surface area contributed by atoms with E-state index in [4.69, 9.17) is 10.5 Å². The molecule has 2 nitrogen and oxygen atoms in total. The van der Waals surface area contributed by atoms with Gasteiger partial charge in [-0.1, -0.05) is 0 Å². The molecule has 0 aromatic carbocycles. The molecule has 1 fully saturated rings. The van der Waals surface area contributed by atoms with Crippen molar-refractivity contribution in [3.05, 3.63) is 0 Å². The zero-order valence-corrected chi connectivity index (χ0v) is 5.83. The van der Waals surface area contributed by atoms with Gasteiger partial charge in [-0.2, -0.15) is 11.8 Å². The first-order valence-electron chi connectivity index (χ1n) is 2.66. The molecule has 0 aliphatic carbocycles. The standard InChI is InChI=1S/C5H11NOS/c1-8-5(2-6)3-7-4-5/h2-4,6H2,1H3. The Morgan fingerprint density at radius 3 is 2.38 bits per heavy atom. The van der Waals surface area contributed by atoms with E-state index in [-0.39, 0.29) is 4.75 Å². The van der Waals surface area contributed by atoms with Gasteiger partial charge in [0.15, 0.2) is 0 Å². The van der Waals surface area contributed by atoms with Gasteiger partial charge in [0.1, 0.15) is 0 Å². The molecule has 0 unspecified atom stereocenters. The van der Waals surface area contributed by atoms with Crippen LogP contribution < -0.4 is 5.73 Å². The molecule has 1 aliphatic rings. The Bertz CT molecular complexity index is 69.0. The van der Waals surface area contributed by atoms with E-state index in [1.54, 1.807) is 0 Å². The molecule has 0 aromatic rings. The Kier molecular flexibility index (Phi) is 1.80. The number of rotatable bonds is 2. The third-order valence-electron chi connectivity index (χ3n) is 1.54. The number of hydrogen-bond acceptors (Lipinski definition) is 3. The molecule has 0 spiro atoms. The first-order valence-corrected chi connectivity index (χ1v) is 3.88. The van der Waals surface area contributed by atoms with E-state index in [0.29, 0.717) is 0 Å². The van der Waals surface area contributed by atoms with E-state index in [9.17, 15) is 0 Å². The summed E-state index contributed by atoms with van der Waals surface area (Å²) in [4.78, 5) is 0. The van der Waals surface area contributed by atoms with Crippen LogP contribution in [-0.4, -0.2) is 30.8 Å². The molecule has 0 atom stereocenters. The average molecular weight is 133 g/mol. The lowest BCUT2D eigenvalue weighted by Crippen LogP contribution is -2.51. The van der Waals surface area contributed by atoms with Gasteiger partial charge in [0.05, 0.1) is 18.0 Å². The van der Waals surface area contributed by atoms with Crippen molar-refractivity contribution in [2.45, 2.75) is 4.75 Å². The van der Waals surface area contributed by atoms with Crippen LogP contribution in [0.25, 0.3) is 0 Å². The second-order valence-corrected chi connectivity index (χ2v) is 3.36. The van der Waals surface area contributed by atoms with Gasteiger partial charge in [-0.05, 0) is 6.26 Å². The Hall–Kier alpha value is 0.270. The van der Waals surface area contributed by atoms with Gasteiger partial charge < -0.3 is 10.5 Å². The van der Waals surface area contributed by atoms with E-state index < -0.39 is 0 Å². The molecule has 48 valence electrons. The fraction of sp³-hybridized carbons (Fsp3) is 1.00. The van der Waals surface area contributed by atoms with Crippen LogP contribution in [0.4, 0.5) is 0 Å². The minimum Gasteiger partial charge on any atom is -0.378 e. The van der Waals surface area contributed by atoms with E-state index in [2.05, 4.69) is 6.26 Å². The first-order chi connectivity index (χ1) is 3.83. The molecular formula is C5H11NOS. The smallest absolute Gasteiger partial charge is 0.0744 e. The lowest BCUT2D eigenvalue weighted by molar-refractivity contribution is -0.00413. The van der Waals surface area contributed by atoms with Crippen LogP contribution in [0.1, 0.15) is 0 Å². The molecule has 1 saturated heterocycles. The summed E-state index contributed by atoms with van der Waals surface area (Å²) in [5, 5.41) is 0. The van der Waals surface area contributed by atoms with Crippen molar-refractivity contribution in [3.63, 3.8) is 0 Å². The largest absolute Gasteiger partial charge is 0.378 e. The van der Waals surface area contributed by atoms with Crippen molar-refractivity contribution in [2.75, 3.05) is 26.0 Å². The number of hydrogen-bond donors (Lipinski definition) is 1. The van der Waals surface area contributed by atoms with Crippen molar-refractivity contribution in [1.82, 2.24) is 0 Å². The molecule has 0 amide bonds. The normalized spacial score (nSPS) is 24.8. The monoisotopic (exact) mass is 133 g/mol. The predicted molar refractivity (Wildman–Crippen MR) is 36.1 cm³/mol. The highest BCUT2D eigenvalue weighted by molar-refractivity contribution is 8.00. The maximum Gasteiger partial charge on any atom is 0.0744 e. The van der Waals surface area contributed by atoms with Crippen LogP contribution in [0.2, 0.25) is 0 Å². The van der Waals surface area contributed by atoms with E-state index in [1.807, 2.05) is 11.8 Å². The summed E-state index contributed by atoms with van der Waals surface area (Å²) < 4.78 is 5.30. The molecule has 1 aliphatic heterocycles. The van der Waals surface area contributed by atoms with Gasteiger partial charge in [0, 0.05) is 6.54 Å². The van der Waals surface area contributed by atoms with Crippen LogP contribution >= 0.6 is 11.8 Å². The van der Waals surface area contributed by atoms with Gasteiger partial charge in [-0.15, -0.1) is 0 Å². The van der Waals surface area contributed by atoms with Gasteiger partial charge in [-0.3, -0.25) is 0 Å². The maximum absolute atomic E-state index is 5.48. The van der Waals surface area contributed by atoms with E-state index in [1.165, 1.54) is 0 Å². The summed E-state index contributed by atoms with van der Waals surface area (Å²) in [5.74, 6) is 0. The summed E-state index contributed by atoms with van der Waals surface area (Å²) in [7, 11) is 0. The fourth-order valence-electron chi connectivity index (χ4n) is 0.649. The molecule has 0 radical (unpaired) electrons. The van der Waals surface area contributed by atoms with Crippen LogP contribution in [0.5, 0.6) is 0 Å². The van der Waals surface area contributed by atoms with E-state index >= 15 is 0 Å². The summed E-state index contributed by atoms with van der Waals surface area (Å²) in [6.45, 7) is 2.42. The highest BCUT2D eigenvalue weighted by Gasteiger charge is 2.35. The van der Waals surface area contributed by atoms with Crippen molar-refractivity contribution in [2.24, 2.45) is 5.73 Å². The van der Waals surface area contributed by atoms with Crippen LogP contribution in [0, 0.1) is 0 Å². The Morgan fingerprint density at radius 1 is 1.75 bits per heavy atom. The van der Waals surface area contributed by atoms with Crippen molar-refractivity contribution < 1.29 is 4.74 Å². The molecule has 8 heavy (non-hydrogen) atoms. The van der Waals surface area contributed by atoms with Gasteiger partial charge in [0.25, 0.3) is 0 Å². The fourth-order valence-corrected chi connectivity index (χ4v) is 1.22. The summed E-state index contributed by atoms with van der Waals surface area (Å²) in [5.41, 5.74) is 5.48. The average Bonchev–Trinajstić information content (AvgIpc) is 1.67. The van der Waals surface area contributed by atoms with Gasteiger partial charge >= 0.3 is 0 Å². The zero-order chi connectivity index (χ0) is 6.04. The molecule has 1 heterocycles. The van der Waals surface area contributed by atoms with Gasteiger partial charge in [0.2, 0.25) is 0 Å². The van der Waals surface area contributed by atoms with Crippen LogP contribution in [-0.2, 0) is 4.74 Å². The zero-order valence-electron chi connectivity index (χ0n) is 5.02. The maximum atomic E-state index is 5.48. The number of nitrogens with two attached hydrogens (primary N) is 1. The van der Waals surface area contributed by atoms with Crippen molar-refractivity contribution in [3.8, 4) is 0 Å². The highest BCUT2D eigenvalue weighted by atomic mass is 32.2. The predicted octanol–water partition coefficient (Wildman–Crippen LogP) is 0.0771. The molecule has 3 heteroatoms. The topological polar surface area (TPSA) is 35.2 Å². The molecule has 0 aromatic heterocycles. The summed E-state index contributed by atoms with van der Waals surface area (Å²) >= 11 is 1.81. The molecule has 2 N–H and O–H groups in total. The first kappa shape index (κ1) is 6.39. The Morgan fingerprint density at radius 2 is 2.38 bits per heavy atom. The quantitative estimate of drug-likeness (QED) is 0.579. The van der Waals surface area contributed by atoms with Gasteiger partial charge in [-0.25, -0.2) is 0 Å². The van der Waals surface area contributed by atoms with Crippen LogP contribution in [0.15, 0.2) is 0 Å². The highest BCUT2D eigenvalue weighted by Crippen LogP contribution is 2.29. The minimum absolute atomic E-state index is 0.278. The van der Waals surface area contributed by atoms with Crippen LogP contribution in [0.3, 0.4) is 0 Å². The molecule has 0 saturated carbocycles. The Labute approximate surface area is 53.8 Å².